The van der Waals surface area contributed by atoms with Crippen LogP contribution in [0.5, 0.6) is 11.5 Å². The molecule has 0 aliphatic rings. The van der Waals surface area contributed by atoms with Gasteiger partial charge in [0.25, 0.3) is 0 Å². The van der Waals surface area contributed by atoms with E-state index in [0.29, 0.717) is 28.9 Å². The van der Waals surface area contributed by atoms with Crippen molar-refractivity contribution in [2.24, 2.45) is 0 Å². The summed E-state index contributed by atoms with van der Waals surface area (Å²) in [6.07, 6.45) is 0. The molecule has 0 aromatic heterocycles. The van der Waals surface area contributed by atoms with Crippen molar-refractivity contribution in [2.75, 3.05) is 7.11 Å². The lowest BCUT2D eigenvalue weighted by atomic mass is 10.2. The fraction of sp³-hybridized carbons (Fsp3) is 0.182. The standard InChI is InChI=1S/C22H21Cl2NO2/c1-26-19-9-7-16(8-10-19)13-25-14-18-11-20(23)22(21(24)12-18)27-15-17-5-3-2-4-6-17/h2-12,25H,13-15H2,1H3. The monoisotopic (exact) mass is 401 g/mol. The van der Waals surface area contributed by atoms with Gasteiger partial charge in [0.2, 0.25) is 0 Å². The van der Waals surface area contributed by atoms with Crippen LogP contribution in [0.3, 0.4) is 0 Å². The van der Waals surface area contributed by atoms with Gasteiger partial charge in [0.15, 0.2) is 5.75 Å². The van der Waals surface area contributed by atoms with Gasteiger partial charge in [-0.15, -0.1) is 0 Å². The second kappa shape index (κ2) is 9.65. The summed E-state index contributed by atoms with van der Waals surface area (Å²) in [5, 5.41) is 4.42. The Labute approximate surface area is 169 Å². The molecule has 0 atom stereocenters. The van der Waals surface area contributed by atoms with E-state index in [1.807, 2.05) is 66.7 Å². The average Bonchev–Trinajstić information content (AvgIpc) is 2.69. The van der Waals surface area contributed by atoms with Crippen LogP contribution in [0, 0.1) is 0 Å². The molecule has 3 aromatic rings. The van der Waals surface area contributed by atoms with Crippen molar-refractivity contribution in [3.05, 3.63) is 93.5 Å². The molecule has 0 aliphatic heterocycles. The van der Waals surface area contributed by atoms with Crippen molar-refractivity contribution in [3.8, 4) is 11.5 Å². The van der Waals surface area contributed by atoms with Crippen LogP contribution in [0.25, 0.3) is 0 Å². The molecule has 140 valence electrons. The first-order valence-corrected chi connectivity index (χ1v) is 9.39. The Morgan fingerprint density at radius 1 is 0.778 bits per heavy atom. The van der Waals surface area contributed by atoms with Gasteiger partial charge in [0, 0.05) is 13.1 Å². The fourth-order valence-corrected chi connectivity index (χ4v) is 3.32. The van der Waals surface area contributed by atoms with Crippen molar-refractivity contribution >= 4 is 23.2 Å². The largest absolute Gasteiger partial charge is 0.497 e. The molecule has 0 saturated carbocycles. The molecule has 27 heavy (non-hydrogen) atoms. The minimum absolute atomic E-state index is 0.426. The van der Waals surface area contributed by atoms with Crippen molar-refractivity contribution < 1.29 is 9.47 Å². The van der Waals surface area contributed by atoms with Gasteiger partial charge in [0.05, 0.1) is 17.2 Å². The van der Waals surface area contributed by atoms with Crippen LogP contribution in [0.2, 0.25) is 10.0 Å². The van der Waals surface area contributed by atoms with Crippen LogP contribution in [-0.2, 0) is 19.7 Å². The Bertz CT molecular complexity index is 844. The number of hydrogen-bond acceptors (Lipinski definition) is 3. The third-order valence-electron chi connectivity index (χ3n) is 4.10. The molecule has 0 saturated heterocycles. The zero-order valence-corrected chi connectivity index (χ0v) is 16.6. The fourth-order valence-electron chi connectivity index (χ4n) is 2.68. The molecule has 0 fully saturated rings. The van der Waals surface area contributed by atoms with Gasteiger partial charge in [-0.3, -0.25) is 0 Å². The first-order valence-electron chi connectivity index (χ1n) is 8.64. The minimum Gasteiger partial charge on any atom is -0.497 e. The Morgan fingerprint density at radius 2 is 1.41 bits per heavy atom. The summed E-state index contributed by atoms with van der Waals surface area (Å²) in [7, 11) is 1.66. The first-order chi connectivity index (χ1) is 13.2. The zero-order chi connectivity index (χ0) is 19.1. The molecule has 0 amide bonds. The number of rotatable bonds is 8. The van der Waals surface area contributed by atoms with Crippen molar-refractivity contribution in [2.45, 2.75) is 19.7 Å². The number of benzene rings is 3. The topological polar surface area (TPSA) is 30.5 Å². The van der Waals surface area contributed by atoms with E-state index in [2.05, 4.69) is 5.32 Å². The van der Waals surface area contributed by atoms with Gasteiger partial charge in [0.1, 0.15) is 12.4 Å². The van der Waals surface area contributed by atoms with Gasteiger partial charge in [-0.05, 0) is 41.0 Å². The molecule has 0 aliphatic carbocycles. The maximum Gasteiger partial charge on any atom is 0.156 e. The maximum absolute atomic E-state index is 6.38. The highest BCUT2D eigenvalue weighted by molar-refractivity contribution is 6.37. The van der Waals surface area contributed by atoms with Crippen LogP contribution in [-0.4, -0.2) is 7.11 Å². The zero-order valence-electron chi connectivity index (χ0n) is 15.0. The molecule has 0 heterocycles. The van der Waals surface area contributed by atoms with E-state index in [1.165, 1.54) is 5.56 Å². The Kier molecular flexibility index (Phi) is 6.99. The molecule has 0 unspecified atom stereocenters. The summed E-state index contributed by atoms with van der Waals surface area (Å²) in [4.78, 5) is 0. The highest BCUT2D eigenvalue weighted by atomic mass is 35.5. The Hall–Kier alpha value is -2.20. The number of nitrogens with one attached hydrogen (secondary N) is 1. The minimum atomic E-state index is 0.426. The highest BCUT2D eigenvalue weighted by Crippen LogP contribution is 2.34. The van der Waals surface area contributed by atoms with Gasteiger partial charge in [-0.1, -0.05) is 65.7 Å². The summed E-state index contributed by atoms with van der Waals surface area (Å²) < 4.78 is 11.0. The maximum atomic E-state index is 6.38. The molecule has 3 aromatic carbocycles. The van der Waals surface area contributed by atoms with Crippen LogP contribution in [0.1, 0.15) is 16.7 Å². The normalized spacial score (nSPS) is 10.6. The van der Waals surface area contributed by atoms with Gasteiger partial charge < -0.3 is 14.8 Å². The van der Waals surface area contributed by atoms with E-state index in [1.54, 1.807) is 7.11 Å². The van der Waals surface area contributed by atoms with E-state index in [-0.39, 0.29) is 0 Å². The lowest BCUT2D eigenvalue weighted by Gasteiger charge is -2.13. The number of methoxy groups -OCH3 is 1. The number of halogens is 2. The molecular weight excluding hydrogens is 381 g/mol. The molecule has 0 spiro atoms. The lowest BCUT2D eigenvalue weighted by Crippen LogP contribution is -2.12. The van der Waals surface area contributed by atoms with Crippen LogP contribution < -0.4 is 14.8 Å². The van der Waals surface area contributed by atoms with Crippen LogP contribution >= 0.6 is 23.2 Å². The summed E-state index contributed by atoms with van der Waals surface area (Å²) in [6.45, 7) is 1.82. The van der Waals surface area contributed by atoms with Gasteiger partial charge >= 0.3 is 0 Å². The summed E-state index contributed by atoms with van der Waals surface area (Å²) in [6, 6.07) is 21.6. The molecule has 3 rings (SSSR count). The predicted molar refractivity (Wildman–Crippen MR) is 111 cm³/mol. The Balaban J connectivity index is 1.56. The first kappa shape index (κ1) is 19.6. The van der Waals surface area contributed by atoms with E-state index in [9.17, 15) is 0 Å². The molecule has 5 heteroatoms. The third-order valence-corrected chi connectivity index (χ3v) is 4.66. The van der Waals surface area contributed by atoms with Crippen molar-refractivity contribution in [1.29, 1.82) is 0 Å². The third kappa shape index (κ3) is 5.64. The highest BCUT2D eigenvalue weighted by Gasteiger charge is 2.10. The van der Waals surface area contributed by atoms with Crippen molar-refractivity contribution in [3.63, 3.8) is 0 Å². The number of ether oxygens (including phenoxy) is 2. The van der Waals surface area contributed by atoms with Crippen molar-refractivity contribution in [1.82, 2.24) is 5.32 Å². The molecular formula is C22H21Cl2NO2. The summed E-state index contributed by atoms with van der Waals surface area (Å²) >= 11 is 12.8. The van der Waals surface area contributed by atoms with Crippen LogP contribution in [0.15, 0.2) is 66.7 Å². The Morgan fingerprint density at radius 3 is 2.04 bits per heavy atom. The van der Waals surface area contributed by atoms with E-state index < -0.39 is 0 Å². The summed E-state index contributed by atoms with van der Waals surface area (Å²) in [5.41, 5.74) is 3.25. The van der Waals surface area contributed by atoms with E-state index in [4.69, 9.17) is 32.7 Å². The molecule has 3 nitrogen and oxygen atoms in total. The molecule has 0 bridgehead atoms. The lowest BCUT2D eigenvalue weighted by molar-refractivity contribution is 0.306. The van der Waals surface area contributed by atoms with Gasteiger partial charge in [-0.25, -0.2) is 0 Å². The SMILES string of the molecule is COc1ccc(CNCc2cc(Cl)c(OCc3ccccc3)c(Cl)c2)cc1. The smallest absolute Gasteiger partial charge is 0.156 e. The van der Waals surface area contributed by atoms with Gasteiger partial charge in [-0.2, -0.15) is 0 Å². The molecule has 0 radical (unpaired) electrons. The second-order valence-electron chi connectivity index (χ2n) is 6.11. The van der Waals surface area contributed by atoms with E-state index in [0.717, 1.165) is 23.4 Å². The van der Waals surface area contributed by atoms with E-state index >= 15 is 0 Å². The predicted octanol–water partition coefficient (Wildman–Crippen LogP) is 5.87. The summed E-state index contributed by atoms with van der Waals surface area (Å²) in [5.74, 6) is 1.37. The van der Waals surface area contributed by atoms with Crippen LogP contribution in [0.4, 0.5) is 0 Å². The second-order valence-corrected chi connectivity index (χ2v) is 6.93. The number of hydrogen-bond donors (Lipinski definition) is 1. The average molecular weight is 402 g/mol. The molecule has 1 N–H and O–H groups in total. The quantitative estimate of drug-likeness (QED) is 0.511.